The molecule has 0 fully saturated rings. The molecule has 0 spiro atoms. The molecule has 1 unspecified atom stereocenters. The zero-order chi connectivity index (χ0) is 15.2. The SMILES string of the molecule is CCc1ccc(OCCCC(C)(N)C#N)c([N+](=O)[O-])c1. The van der Waals surface area contributed by atoms with Crippen LogP contribution in [0, 0.1) is 21.4 Å². The molecule has 1 atom stereocenters. The largest absolute Gasteiger partial charge is 0.487 e. The molecule has 1 aromatic carbocycles. The Hall–Kier alpha value is -2.13. The summed E-state index contributed by atoms with van der Waals surface area (Å²) in [6.07, 6.45) is 1.77. The monoisotopic (exact) mass is 277 g/mol. The zero-order valence-electron chi connectivity index (χ0n) is 11.8. The van der Waals surface area contributed by atoms with Crippen molar-refractivity contribution in [2.75, 3.05) is 6.61 Å². The Labute approximate surface area is 118 Å². The fourth-order valence-corrected chi connectivity index (χ4v) is 1.73. The van der Waals surface area contributed by atoms with Crippen molar-refractivity contribution in [3.8, 4) is 11.8 Å². The maximum Gasteiger partial charge on any atom is 0.311 e. The van der Waals surface area contributed by atoms with Crippen molar-refractivity contribution in [2.45, 2.75) is 38.6 Å². The van der Waals surface area contributed by atoms with Gasteiger partial charge in [0, 0.05) is 6.07 Å². The van der Waals surface area contributed by atoms with Crippen LogP contribution >= 0.6 is 0 Å². The summed E-state index contributed by atoms with van der Waals surface area (Å²) in [5.41, 5.74) is 5.66. The summed E-state index contributed by atoms with van der Waals surface area (Å²) in [7, 11) is 0. The Morgan fingerprint density at radius 2 is 2.25 bits per heavy atom. The summed E-state index contributed by atoms with van der Waals surface area (Å²) in [5.74, 6) is 0.253. The van der Waals surface area contributed by atoms with Crippen molar-refractivity contribution in [2.24, 2.45) is 5.73 Å². The Morgan fingerprint density at radius 3 is 2.80 bits per heavy atom. The van der Waals surface area contributed by atoms with E-state index in [4.69, 9.17) is 15.7 Å². The highest BCUT2D eigenvalue weighted by Crippen LogP contribution is 2.28. The van der Waals surface area contributed by atoms with Gasteiger partial charge in [-0.25, -0.2) is 0 Å². The van der Waals surface area contributed by atoms with Crippen molar-refractivity contribution in [1.82, 2.24) is 0 Å². The molecule has 2 N–H and O–H groups in total. The summed E-state index contributed by atoms with van der Waals surface area (Å²) < 4.78 is 5.43. The van der Waals surface area contributed by atoms with Crippen molar-refractivity contribution in [1.29, 1.82) is 5.26 Å². The van der Waals surface area contributed by atoms with E-state index >= 15 is 0 Å². The van der Waals surface area contributed by atoms with Crippen LogP contribution in [0.4, 0.5) is 5.69 Å². The number of nitro benzene ring substituents is 1. The van der Waals surface area contributed by atoms with Gasteiger partial charge in [0.2, 0.25) is 0 Å². The predicted octanol–water partition coefficient (Wildman–Crippen LogP) is 2.56. The Kier molecular flexibility index (Phi) is 5.47. The maximum absolute atomic E-state index is 11.0. The van der Waals surface area contributed by atoms with Gasteiger partial charge in [0.15, 0.2) is 5.75 Å². The van der Waals surface area contributed by atoms with Gasteiger partial charge in [-0.1, -0.05) is 13.0 Å². The van der Waals surface area contributed by atoms with Crippen molar-refractivity contribution in [3.63, 3.8) is 0 Å². The fourth-order valence-electron chi connectivity index (χ4n) is 1.73. The van der Waals surface area contributed by atoms with Crippen LogP contribution in [0.2, 0.25) is 0 Å². The number of nitriles is 1. The molecule has 1 rings (SSSR count). The van der Waals surface area contributed by atoms with E-state index in [9.17, 15) is 10.1 Å². The van der Waals surface area contributed by atoms with E-state index in [-0.39, 0.29) is 11.4 Å². The van der Waals surface area contributed by atoms with Gasteiger partial charge in [-0.2, -0.15) is 5.26 Å². The third kappa shape index (κ3) is 4.52. The molecule has 0 saturated heterocycles. The molecule has 0 aliphatic heterocycles. The van der Waals surface area contributed by atoms with Gasteiger partial charge in [-0.05, 0) is 37.8 Å². The van der Waals surface area contributed by atoms with Gasteiger partial charge in [0.05, 0.1) is 17.6 Å². The number of hydrogen-bond donors (Lipinski definition) is 1. The van der Waals surface area contributed by atoms with Gasteiger partial charge in [-0.3, -0.25) is 10.1 Å². The van der Waals surface area contributed by atoms with Gasteiger partial charge in [0.25, 0.3) is 0 Å². The van der Waals surface area contributed by atoms with Gasteiger partial charge < -0.3 is 10.5 Å². The second-order valence-corrected chi connectivity index (χ2v) is 4.89. The van der Waals surface area contributed by atoms with Crippen molar-refractivity contribution >= 4 is 5.69 Å². The quantitative estimate of drug-likeness (QED) is 0.468. The topological polar surface area (TPSA) is 102 Å². The lowest BCUT2D eigenvalue weighted by Gasteiger charge is -2.15. The second-order valence-electron chi connectivity index (χ2n) is 4.89. The van der Waals surface area contributed by atoms with E-state index in [2.05, 4.69) is 0 Å². The summed E-state index contributed by atoms with van der Waals surface area (Å²) >= 11 is 0. The van der Waals surface area contributed by atoms with Crippen LogP contribution in [-0.2, 0) is 6.42 Å². The number of aryl methyl sites for hydroxylation is 1. The second kappa shape index (κ2) is 6.87. The Morgan fingerprint density at radius 1 is 1.55 bits per heavy atom. The lowest BCUT2D eigenvalue weighted by Crippen LogP contribution is -2.34. The van der Waals surface area contributed by atoms with Crippen molar-refractivity contribution < 1.29 is 9.66 Å². The lowest BCUT2D eigenvalue weighted by molar-refractivity contribution is -0.385. The predicted molar refractivity (Wildman–Crippen MR) is 75.4 cm³/mol. The van der Waals surface area contributed by atoms with Crippen LogP contribution < -0.4 is 10.5 Å². The number of benzene rings is 1. The molecule has 6 nitrogen and oxygen atoms in total. The Balaban J connectivity index is 2.65. The zero-order valence-corrected chi connectivity index (χ0v) is 11.8. The average molecular weight is 277 g/mol. The molecule has 20 heavy (non-hydrogen) atoms. The smallest absolute Gasteiger partial charge is 0.311 e. The number of nitro groups is 1. The van der Waals surface area contributed by atoms with E-state index in [1.165, 1.54) is 6.07 Å². The average Bonchev–Trinajstić information content (AvgIpc) is 2.43. The van der Waals surface area contributed by atoms with Gasteiger partial charge in [0.1, 0.15) is 5.54 Å². The molecule has 0 aromatic heterocycles. The van der Waals surface area contributed by atoms with Crippen molar-refractivity contribution in [3.05, 3.63) is 33.9 Å². The molecule has 0 aliphatic rings. The van der Waals surface area contributed by atoms with E-state index < -0.39 is 10.5 Å². The summed E-state index contributed by atoms with van der Waals surface area (Å²) in [4.78, 5) is 10.5. The highest BCUT2D eigenvalue weighted by molar-refractivity contribution is 5.48. The van der Waals surface area contributed by atoms with Crippen LogP contribution in [-0.4, -0.2) is 17.1 Å². The molecule has 108 valence electrons. The third-order valence-corrected chi connectivity index (χ3v) is 2.98. The Bertz CT molecular complexity index is 521. The minimum Gasteiger partial charge on any atom is -0.487 e. The molecule has 0 bridgehead atoms. The first-order valence-electron chi connectivity index (χ1n) is 6.50. The first kappa shape index (κ1) is 15.9. The molecule has 0 saturated carbocycles. The number of rotatable bonds is 7. The maximum atomic E-state index is 11.0. The van der Waals surface area contributed by atoms with Gasteiger partial charge in [-0.15, -0.1) is 0 Å². The number of nitrogens with two attached hydrogens (primary N) is 1. The lowest BCUT2D eigenvalue weighted by atomic mass is 10.00. The number of hydrogen-bond acceptors (Lipinski definition) is 5. The standard InChI is InChI=1S/C14H19N3O3/c1-3-11-5-6-13(12(9-11)17(18)19)20-8-4-7-14(2,16)10-15/h5-6,9H,3-4,7-8,16H2,1-2H3. The molecule has 1 aromatic rings. The molecule has 0 radical (unpaired) electrons. The fraction of sp³-hybridized carbons (Fsp3) is 0.500. The summed E-state index contributed by atoms with van der Waals surface area (Å²) in [6, 6.07) is 6.95. The molecule has 0 aliphatic carbocycles. The highest BCUT2D eigenvalue weighted by Gasteiger charge is 2.18. The van der Waals surface area contributed by atoms with Crippen LogP contribution in [0.5, 0.6) is 5.75 Å². The minimum absolute atomic E-state index is 0.0276. The first-order valence-corrected chi connectivity index (χ1v) is 6.50. The molecular weight excluding hydrogens is 258 g/mol. The van der Waals surface area contributed by atoms with Crippen LogP contribution in [0.25, 0.3) is 0 Å². The summed E-state index contributed by atoms with van der Waals surface area (Å²) in [6.45, 7) is 3.87. The molecule has 0 heterocycles. The third-order valence-electron chi connectivity index (χ3n) is 2.98. The van der Waals surface area contributed by atoms with E-state index in [0.29, 0.717) is 19.4 Å². The summed E-state index contributed by atoms with van der Waals surface area (Å²) in [5, 5.41) is 19.8. The molecule has 6 heteroatoms. The van der Waals surface area contributed by atoms with E-state index in [1.54, 1.807) is 13.0 Å². The van der Waals surface area contributed by atoms with Crippen LogP contribution in [0.3, 0.4) is 0 Å². The highest BCUT2D eigenvalue weighted by atomic mass is 16.6. The van der Waals surface area contributed by atoms with Crippen LogP contribution in [0.15, 0.2) is 18.2 Å². The van der Waals surface area contributed by atoms with Gasteiger partial charge >= 0.3 is 5.69 Å². The van der Waals surface area contributed by atoms with E-state index in [0.717, 1.165) is 12.0 Å². The molecule has 0 amide bonds. The van der Waals surface area contributed by atoms with Crippen LogP contribution in [0.1, 0.15) is 32.3 Å². The van der Waals surface area contributed by atoms with E-state index in [1.807, 2.05) is 19.1 Å². The normalized spacial score (nSPS) is 13.3. The number of ether oxygens (including phenoxy) is 1. The molecular formula is C14H19N3O3. The first-order chi connectivity index (χ1) is 9.39. The minimum atomic E-state index is -0.888. The number of nitrogens with zero attached hydrogens (tertiary/aromatic N) is 2.